The van der Waals surface area contributed by atoms with Crippen molar-refractivity contribution in [2.75, 3.05) is 18.1 Å². The number of aliphatic hydroxyl groups is 1. The molecule has 1 aromatic rings. The van der Waals surface area contributed by atoms with Crippen LogP contribution in [0.1, 0.15) is 0 Å². The number of aliphatic hydroxyl groups excluding tert-OH is 1. The van der Waals surface area contributed by atoms with Gasteiger partial charge in [0.2, 0.25) is 0 Å². The van der Waals surface area contributed by atoms with Crippen molar-refractivity contribution in [1.82, 2.24) is 5.48 Å². The van der Waals surface area contributed by atoms with Crippen molar-refractivity contribution in [3.05, 3.63) is 24.0 Å². The van der Waals surface area contributed by atoms with Crippen molar-refractivity contribution in [2.24, 2.45) is 4.99 Å². The van der Waals surface area contributed by atoms with Crippen LogP contribution in [-0.2, 0) is 4.74 Å². The normalized spacial score (nSPS) is 19.0. The Balaban J connectivity index is 2.20. The van der Waals surface area contributed by atoms with Gasteiger partial charge in [0, 0.05) is 0 Å². The number of ether oxygens (including phenoxy) is 1. The molecule has 1 unspecified atom stereocenters. The molecule has 7 nitrogen and oxygen atoms in total. The van der Waals surface area contributed by atoms with E-state index < -0.39 is 18.0 Å². The number of amides is 1. The number of rotatable bonds is 4. The number of benzene rings is 1. The molecule has 19 heavy (non-hydrogen) atoms. The monoisotopic (exact) mass is 269 g/mol. The molecule has 1 aliphatic rings. The van der Waals surface area contributed by atoms with E-state index in [-0.39, 0.29) is 18.8 Å². The summed E-state index contributed by atoms with van der Waals surface area (Å²) in [4.78, 5) is 16.3. The average Bonchev–Trinajstić information content (AvgIpc) is 2.78. The molecule has 2 rings (SSSR count). The SMILES string of the molecule is O=C1OC(CO)CN1c1ccc(N=CNO)c(F)c1. The number of nitrogens with one attached hydrogen (secondary N) is 1. The van der Waals surface area contributed by atoms with Gasteiger partial charge < -0.3 is 9.84 Å². The van der Waals surface area contributed by atoms with E-state index in [9.17, 15) is 9.18 Å². The third-order valence-electron chi connectivity index (χ3n) is 2.58. The maximum Gasteiger partial charge on any atom is 0.414 e. The zero-order chi connectivity index (χ0) is 13.8. The lowest BCUT2D eigenvalue weighted by atomic mass is 10.2. The van der Waals surface area contributed by atoms with E-state index in [0.29, 0.717) is 5.69 Å². The summed E-state index contributed by atoms with van der Waals surface area (Å²) in [7, 11) is 0. The fourth-order valence-electron chi connectivity index (χ4n) is 1.69. The molecule has 0 saturated carbocycles. The molecule has 0 bridgehead atoms. The molecule has 8 heteroatoms. The molecule has 1 saturated heterocycles. The van der Waals surface area contributed by atoms with Crippen molar-refractivity contribution in [3.63, 3.8) is 0 Å². The van der Waals surface area contributed by atoms with Crippen LogP contribution in [0.25, 0.3) is 0 Å². The Bertz CT molecular complexity index is 509. The summed E-state index contributed by atoms with van der Waals surface area (Å²) in [5, 5.41) is 17.2. The molecule has 1 aromatic carbocycles. The highest BCUT2D eigenvalue weighted by Gasteiger charge is 2.32. The Hall–Kier alpha value is -2.19. The first kappa shape index (κ1) is 13.2. The summed E-state index contributed by atoms with van der Waals surface area (Å²) in [6.45, 7) is -0.120. The summed E-state index contributed by atoms with van der Waals surface area (Å²) in [5.74, 6) is -0.649. The lowest BCUT2D eigenvalue weighted by Gasteiger charge is -2.13. The number of hydroxylamine groups is 1. The number of halogens is 1. The van der Waals surface area contributed by atoms with Gasteiger partial charge in [-0.05, 0) is 18.2 Å². The van der Waals surface area contributed by atoms with E-state index in [0.717, 1.165) is 12.4 Å². The van der Waals surface area contributed by atoms with Crippen LogP contribution in [0.15, 0.2) is 23.2 Å². The second kappa shape index (κ2) is 5.63. The van der Waals surface area contributed by atoms with Gasteiger partial charge in [-0.3, -0.25) is 15.6 Å². The van der Waals surface area contributed by atoms with Crippen molar-refractivity contribution in [1.29, 1.82) is 0 Å². The van der Waals surface area contributed by atoms with Gasteiger partial charge in [0.25, 0.3) is 0 Å². The number of cyclic esters (lactones) is 1. The number of hydrogen-bond acceptors (Lipinski definition) is 5. The van der Waals surface area contributed by atoms with Gasteiger partial charge in [-0.15, -0.1) is 0 Å². The Morgan fingerprint density at radius 2 is 2.42 bits per heavy atom. The van der Waals surface area contributed by atoms with Crippen LogP contribution in [0.2, 0.25) is 0 Å². The zero-order valence-corrected chi connectivity index (χ0v) is 9.78. The van der Waals surface area contributed by atoms with Gasteiger partial charge in [0.15, 0.2) is 5.82 Å². The van der Waals surface area contributed by atoms with E-state index in [1.807, 2.05) is 0 Å². The number of carbonyl (C=O) groups is 1. The number of nitrogens with zero attached hydrogens (tertiary/aromatic N) is 2. The quantitative estimate of drug-likeness (QED) is 0.426. The molecule has 1 fully saturated rings. The first-order chi connectivity index (χ1) is 9.15. The van der Waals surface area contributed by atoms with Crippen LogP contribution in [0.4, 0.5) is 20.6 Å². The lowest BCUT2D eigenvalue weighted by molar-refractivity contribution is 0.0963. The van der Waals surface area contributed by atoms with Crippen LogP contribution in [0.5, 0.6) is 0 Å². The van der Waals surface area contributed by atoms with Crippen molar-refractivity contribution in [3.8, 4) is 0 Å². The predicted octanol–water partition coefficient (Wildman–Crippen LogP) is 0.782. The number of hydrogen-bond donors (Lipinski definition) is 3. The lowest BCUT2D eigenvalue weighted by Crippen LogP contribution is -2.25. The van der Waals surface area contributed by atoms with Crippen molar-refractivity contribution >= 4 is 23.8 Å². The molecule has 0 spiro atoms. The maximum atomic E-state index is 13.7. The first-order valence-electron chi connectivity index (χ1n) is 5.46. The average molecular weight is 269 g/mol. The van der Waals surface area contributed by atoms with Crippen LogP contribution in [0, 0.1) is 5.82 Å². The number of aliphatic imine (C=N–C) groups is 1. The molecule has 0 aliphatic carbocycles. The largest absolute Gasteiger partial charge is 0.441 e. The standard InChI is InChI=1S/C11H12FN3O4/c12-9-3-7(1-2-10(9)13-6-14-18)15-4-8(5-16)19-11(15)17/h1-3,6,8,16,18H,4-5H2,(H,13,14). The van der Waals surface area contributed by atoms with Crippen LogP contribution >= 0.6 is 0 Å². The van der Waals surface area contributed by atoms with E-state index in [1.165, 1.54) is 17.0 Å². The van der Waals surface area contributed by atoms with Gasteiger partial charge in [-0.2, -0.15) is 0 Å². The summed E-state index contributed by atoms with van der Waals surface area (Å²) in [5.41, 5.74) is 1.99. The van der Waals surface area contributed by atoms with Gasteiger partial charge in [0.1, 0.15) is 18.1 Å². The Morgan fingerprint density at radius 1 is 1.63 bits per heavy atom. The summed E-state index contributed by atoms with van der Waals surface area (Å²) in [6.07, 6.45) is -0.317. The Kier molecular flexibility index (Phi) is 3.93. The van der Waals surface area contributed by atoms with Crippen LogP contribution in [-0.4, -0.2) is 42.0 Å². The van der Waals surface area contributed by atoms with Gasteiger partial charge in [-0.25, -0.2) is 14.2 Å². The highest BCUT2D eigenvalue weighted by atomic mass is 19.1. The molecule has 1 amide bonds. The van der Waals surface area contributed by atoms with E-state index >= 15 is 0 Å². The minimum Gasteiger partial charge on any atom is -0.441 e. The Morgan fingerprint density at radius 3 is 3.00 bits per heavy atom. The highest BCUT2D eigenvalue weighted by molar-refractivity contribution is 5.90. The van der Waals surface area contributed by atoms with Crippen LogP contribution < -0.4 is 10.4 Å². The topological polar surface area (TPSA) is 94.4 Å². The summed E-state index contributed by atoms with van der Waals surface area (Å²) < 4.78 is 18.5. The maximum absolute atomic E-state index is 13.7. The molecule has 3 N–H and O–H groups in total. The minimum atomic E-state index is -0.649. The number of anilines is 1. The smallest absolute Gasteiger partial charge is 0.414 e. The van der Waals surface area contributed by atoms with Crippen molar-refractivity contribution < 1.29 is 24.2 Å². The summed E-state index contributed by atoms with van der Waals surface area (Å²) in [6, 6.07) is 3.98. The van der Waals surface area contributed by atoms with Gasteiger partial charge in [0.05, 0.1) is 18.8 Å². The molecule has 1 atom stereocenters. The summed E-state index contributed by atoms with van der Waals surface area (Å²) >= 11 is 0. The zero-order valence-electron chi connectivity index (χ0n) is 9.78. The third kappa shape index (κ3) is 2.80. The predicted molar refractivity (Wildman–Crippen MR) is 64.2 cm³/mol. The fraction of sp³-hybridized carbons (Fsp3) is 0.273. The molecular weight excluding hydrogens is 257 g/mol. The van der Waals surface area contributed by atoms with Gasteiger partial charge >= 0.3 is 6.09 Å². The van der Waals surface area contributed by atoms with Crippen molar-refractivity contribution in [2.45, 2.75) is 6.10 Å². The molecule has 0 aromatic heterocycles. The van der Waals surface area contributed by atoms with Crippen LogP contribution in [0.3, 0.4) is 0 Å². The molecular formula is C11H12FN3O4. The van der Waals surface area contributed by atoms with E-state index in [1.54, 1.807) is 5.48 Å². The highest BCUT2D eigenvalue weighted by Crippen LogP contribution is 2.26. The molecule has 102 valence electrons. The number of carbonyl (C=O) groups excluding carboxylic acids is 1. The van der Waals surface area contributed by atoms with E-state index in [2.05, 4.69) is 4.99 Å². The van der Waals surface area contributed by atoms with E-state index in [4.69, 9.17) is 15.1 Å². The second-order valence-electron chi connectivity index (χ2n) is 3.82. The molecule has 0 radical (unpaired) electrons. The molecule has 1 aliphatic heterocycles. The second-order valence-corrected chi connectivity index (χ2v) is 3.82. The third-order valence-corrected chi connectivity index (χ3v) is 2.58. The minimum absolute atomic E-state index is 0.0107. The Labute approximate surface area is 107 Å². The fourth-order valence-corrected chi connectivity index (χ4v) is 1.69. The first-order valence-corrected chi connectivity index (χ1v) is 5.46. The molecule has 1 heterocycles. The van der Waals surface area contributed by atoms with Gasteiger partial charge in [-0.1, -0.05) is 0 Å².